The fourth-order valence-electron chi connectivity index (χ4n) is 3.44. The van der Waals surface area contributed by atoms with Gasteiger partial charge in [-0.2, -0.15) is 15.0 Å². The summed E-state index contributed by atoms with van der Waals surface area (Å²) in [5.41, 5.74) is 6.63. The number of rotatable bonds is 7. The second-order valence-corrected chi connectivity index (χ2v) is 6.73. The average molecular weight is 387 g/mol. The van der Waals surface area contributed by atoms with Gasteiger partial charge in [-0.25, -0.2) is 0 Å². The van der Waals surface area contributed by atoms with E-state index in [-0.39, 0.29) is 17.8 Å². The Balaban J connectivity index is 1.70. The molecule has 1 aromatic heterocycles. The van der Waals surface area contributed by atoms with E-state index in [4.69, 9.17) is 15.2 Å². The summed E-state index contributed by atoms with van der Waals surface area (Å²) in [5.74, 6) is 1.60. The fraction of sp³-hybridized carbons (Fsp3) is 0.474. The highest BCUT2D eigenvalue weighted by molar-refractivity contribution is 5.72. The number of anilines is 3. The first-order valence-electron chi connectivity index (χ1n) is 9.49. The largest absolute Gasteiger partial charge is 0.495 e. The minimum Gasteiger partial charge on any atom is -0.495 e. The summed E-state index contributed by atoms with van der Waals surface area (Å²) in [6.45, 7) is 4.47. The standard InChI is InChI=1S/C19H26N6O3/c1-3-28-17(26)13-7-6-10-25(11-13)12-16-22-18(20)24-19(23-16)21-14-8-4-5-9-15(14)27-2/h4-5,8-9,13H,3,6-7,10-12H2,1-2H3,(H3,20,21,22,23,24)/p+1/t13-/m1/s1. The van der Waals surface area contributed by atoms with Gasteiger partial charge >= 0.3 is 5.97 Å². The van der Waals surface area contributed by atoms with Crippen LogP contribution in [0.2, 0.25) is 0 Å². The smallest absolute Gasteiger partial charge is 0.314 e. The lowest BCUT2D eigenvalue weighted by Crippen LogP contribution is -3.12. The van der Waals surface area contributed by atoms with Crippen molar-refractivity contribution in [3.63, 3.8) is 0 Å². The van der Waals surface area contributed by atoms with Gasteiger partial charge in [-0.05, 0) is 31.9 Å². The van der Waals surface area contributed by atoms with E-state index in [0.717, 1.165) is 25.1 Å². The Kier molecular flexibility index (Phi) is 6.59. The van der Waals surface area contributed by atoms with Gasteiger partial charge in [0, 0.05) is 0 Å². The number of hydrogen-bond donors (Lipinski definition) is 3. The van der Waals surface area contributed by atoms with Crippen molar-refractivity contribution in [3.05, 3.63) is 30.1 Å². The zero-order chi connectivity index (χ0) is 19.9. The molecule has 1 saturated heterocycles. The van der Waals surface area contributed by atoms with Crippen molar-refractivity contribution >= 4 is 23.6 Å². The van der Waals surface area contributed by atoms with Crippen LogP contribution in [-0.4, -0.2) is 47.7 Å². The average Bonchev–Trinajstić information content (AvgIpc) is 2.68. The van der Waals surface area contributed by atoms with Crippen LogP contribution in [0.5, 0.6) is 5.75 Å². The number of nitrogens with one attached hydrogen (secondary N) is 2. The predicted octanol–water partition coefficient (Wildman–Crippen LogP) is 0.564. The topological polar surface area (TPSA) is 117 Å². The van der Waals surface area contributed by atoms with E-state index in [1.165, 1.54) is 4.90 Å². The van der Waals surface area contributed by atoms with E-state index in [1.54, 1.807) is 7.11 Å². The number of nitrogens with zero attached hydrogens (tertiary/aromatic N) is 3. The summed E-state index contributed by atoms with van der Waals surface area (Å²) in [6, 6.07) is 7.50. The van der Waals surface area contributed by atoms with Crippen molar-refractivity contribution in [3.8, 4) is 5.75 Å². The SMILES string of the molecule is CCOC(=O)[C@@H]1CCC[NH+](Cc2nc(N)nc(Nc3ccccc3OC)n2)C1. The van der Waals surface area contributed by atoms with Crippen LogP contribution in [0.25, 0.3) is 0 Å². The summed E-state index contributed by atoms with van der Waals surface area (Å²) >= 11 is 0. The van der Waals surface area contributed by atoms with Crippen molar-refractivity contribution in [1.82, 2.24) is 15.0 Å². The number of ether oxygens (including phenoxy) is 2. The lowest BCUT2D eigenvalue weighted by atomic mass is 9.98. The number of quaternary nitrogens is 1. The molecule has 1 aliphatic heterocycles. The third-order valence-electron chi connectivity index (χ3n) is 4.70. The molecule has 28 heavy (non-hydrogen) atoms. The number of esters is 1. The molecule has 1 aliphatic rings. The quantitative estimate of drug-likeness (QED) is 0.590. The number of para-hydroxylation sites is 2. The molecule has 150 valence electrons. The predicted molar refractivity (Wildman–Crippen MR) is 104 cm³/mol. The number of methoxy groups -OCH3 is 1. The molecule has 1 aromatic carbocycles. The van der Waals surface area contributed by atoms with Crippen molar-refractivity contribution in [2.45, 2.75) is 26.3 Å². The molecule has 1 fully saturated rings. The molecule has 0 amide bonds. The Morgan fingerprint density at radius 1 is 1.32 bits per heavy atom. The molecule has 1 unspecified atom stereocenters. The maximum atomic E-state index is 12.0. The lowest BCUT2D eigenvalue weighted by molar-refractivity contribution is -0.921. The van der Waals surface area contributed by atoms with Crippen LogP contribution in [0.4, 0.5) is 17.6 Å². The highest BCUT2D eigenvalue weighted by Crippen LogP contribution is 2.25. The van der Waals surface area contributed by atoms with Gasteiger partial charge in [0.25, 0.3) is 0 Å². The van der Waals surface area contributed by atoms with Gasteiger partial charge in [0.05, 0.1) is 32.5 Å². The molecule has 3 rings (SSSR count). The third kappa shape index (κ3) is 5.07. The van der Waals surface area contributed by atoms with Crippen molar-refractivity contribution in [1.29, 1.82) is 0 Å². The molecular weight excluding hydrogens is 360 g/mol. The molecule has 2 aromatic rings. The maximum Gasteiger partial charge on any atom is 0.314 e. The van der Waals surface area contributed by atoms with Crippen LogP contribution >= 0.6 is 0 Å². The first-order chi connectivity index (χ1) is 13.6. The van der Waals surface area contributed by atoms with Crippen molar-refractivity contribution in [2.75, 3.05) is 37.9 Å². The fourth-order valence-corrected chi connectivity index (χ4v) is 3.44. The number of benzene rings is 1. The molecule has 4 N–H and O–H groups in total. The molecule has 9 heteroatoms. The normalized spacial score (nSPS) is 19.1. The number of nitrogen functional groups attached to an aromatic ring is 1. The number of aromatic nitrogens is 3. The van der Waals surface area contributed by atoms with Gasteiger partial charge in [0.1, 0.15) is 18.2 Å². The van der Waals surface area contributed by atoms with E-state index in [0.29, 0.717) is 37.2 Å². The number of nitrogens with two attached hydrogens (primary N) is 1. The summed E-state index contributed by atoms with van der Waals surface area (Å²) in [7, 11) is 1.60. The van der Waals surface area contributed by atoms with Gasteiger partial charge in [-0.1, -0.05) is 12.1 Å². The highest BCUT2D eigenvalue weighted by atomic mass is 16.5. The minimum atomic E-state index is -0.117. The van der Waals surface area contributed by atoms with Crippen LogP contribution in [0, 0.1) is 5.92 Å². The van der Waals surface area contributed by atoms with Crippen LogP contribution < -0.4 is 20.7 Å². The number of piperidine rings is 1. The number of likely N-dealkylation sites (tertiary alicyclic amines) is 1. The van der Waals surface area contributed by atoms with E-state index in [1.807, 2.05) is 31.2 Å². The highest BCUT2D eigenvalue weighted by Gasteiger charge is 2.30. The molecular formula is C19H27N6O3+. The van der Waals surface area contributed by atoms with E-state index in [9.17, 15) is 4.79 Å². The molecule has 0 radical (unpaired) electrons. The van der Waals surface area contributed by atoms with Gasteiger partial charge in [-0.15, -0.1) is 0 Å². The molecule has 2 heterocycles. The first-order valence-corrected chi connectivity index (χ1v) is 9.49. The second-order valence-electron chi connectivity index (χ2n) is 6.73. The minimum absolute atomic E-state index is 0.0749. The Labute approximate surface area is 164 Å². The van der Waals surface area contributed by atoms with Crippen LogP contribution in [0.1, 0.15) is 25.6 Å². The molecule has 0 aliphatic carbocycles. The summed E-state index contributed by atoms with van der Waals surface area (Å²) in [6.07, 6.45) is 1.83. The van der Waals surface area contributed by atoms with Crippen molar-refractivity contribution in [2.24, 2.45) is 5.92 Å². The summed E-state index contributed by atoms with van der Waals surface area (Å²) in [4.78, 5) is 26.2. The lowest BCUT2D eigenvalue weighted by Gasteiger charge is -2.28. The Hall–Kier alpha value is -2.94. The van der Waals surface area contributed by atoms with Crippen LogP contribution in [-0.2, 0) is 16.1 Å². The van der Waals surface area contributed by atoms with Gasteiger partial charge < -0.3 is 25.4 Å². The van der Waals surface area contributed by atoms with Crippen LogP contribution in [0.3, 0.4) is 0 Å². The van der Waals surface area contributed by atoms with E-state index < -0.39 is 0 Å². The van der Waals surface area contributed by atoms with Gasteiger partial charge in [0.15, 0.2) is 5.82 Å². The number of carbonyl (C=O) groups excluding carboxylic acids is 1. The zero-order valence-electron chi connectivity index (χ0n) is 16.3. The van der Waals surface area contributed by atoms with E-state index in [2.05, 4.69) is 20.3 Å². The van der Waals surface area contributed by atoms with Gasteiger partial charge in [-0.3, -0.25) is 4.79 Å². The van der Waals surface area contributed by atoms with Gasteiger partial charge in [0.2, 0.25) is 11.9 Å². The number of hydrogen-bond acceptors (Lipinski definition) is 8. The molecule has 2 atom stereocenters. The Morgan fingerprint density at radius 3 is 2.93 bits per heavy atom. The van der Waals surface area contributed by atoms with Crippen molar-refractivity contribution < 1.29 is 19.2 Å². The van der Waals surface area contributed by atoms with E-state index >= 15 is 0 Å². The molecule has 9 nitrogen and oxygen atoms in total. The summed E-state index contributed by atoms with van der Waals surface area (Å²) < 4.78 is 10.5. The maximum absolute atomic E-state index is 12.0. The molecule has 0 spiro atoms. The first kappa shape index (κ1) is 19.8. The Morgan fingerprint density at radius 2 is 2.14 bits per heavy atom. The third-order valence-corrected chi connectivity index (χ3v) is 4.70. The number of carbonyl (C=O) groups is 1. The monoisotopic (exact) mass is 387 g/mol. The second kappa shape index (κ2) is 9.32. The summed E-state index contributed by atoms with van der Waals surface area (Å²) in [5, 5.41) is 3.14. The Bertz CT molecular complexity index is 816. The molecule has 0 saturated carbocycles. The zero-order valence-corrected chi connectivity index (χ0v) is 16.3. The molecule has 0 bridgehead atoms. The van der Waals surface area contributed by atoms with Crippen LogP contribution in [0.15, 0.2) is 24.3 Å².